The Balaban J connectivity index is 2.03. The number of ether oxygens (including phenoxy) is 1. The molecule has 1 amide bonds. The largest absolute Gasteiger partial charge is 0.392 e. The summed E-state index contributed by atoms with van der Waals surface area (Å²) in [5, 5.41) is 9.88. The number of β-amino-alcohol motifs (C(OH)–C–C–N with tert-alkyl or cyclic N) is 1. The summed E-state index contributed by atoms with van der Waals surface area (Å²) < 4.78 is 19.3. The van der Waals surface area contributed by atoms with Crippen LogP contribution in [0.5, 0.6) is 0 Å². The third-order valence-corrected chi connectivity index (χ3v) is 4.53. The summed E-state index contributed by atoms with van der Waals surface area (Å²) in [5.41, 5.74) is 0.361. The number of carbonyl (C=O) groups excluding carboxylic acids is 1. The van der Waals surface area contributed by atoms with Gasteiger partial charge in [-0.25, -0.2) is 4.39 Å². The van der Waals surface area contributed by atoms with Crippen LogP contribution in [-0.2, 0) is 4.74 Å². The van der Waals surface area contributed by atoms with E-state index in [0.717, 1.165) is 13.0 Å². The zero-order valence-corrected chi connectivity index (χ0v) is 16.0. The van der Waals surface area contributed by atoms with Crippen LogP contribution in [0.15, 0.2) is 24.3 Å². The highest BCUT2D eigenvalue weighted by Crippen LogP contribution is 2.14. The zero-order chi connectivity index (χ0) is 19.1. The van der Waals surface area contributed by atoms with E-state index < -0.39 is 5.82 Å². The van der Waals surface area contributed by atoms with E-state index in [1.54, 1.807) is 17.0 Å². The van der Waals surface area contributed by atoms with Gasteiger partial charge in [0.25, 0.3) is 5.91 Å². The summed E-state index contributed by atoms with van der Waals surface area (Å²) >= 11 is 0. The van der Waals surface area contributed by atoms with Crippen LogP contribution in [0.3, 0.4) is 0 Å². The highest BCUT2D eigenvalue weighted by atomic mass is 19.1. The van der Waals surface area contributed by atoms with Crippen molar-refractivity contribution in [2.45, 2.75) is 39.4 Å². The van der Waals surface area contributed by atoms with E-state index in [4.69, 9.17) is 4.74 Å². The summed E-state index contributed by atoms with van der Waals surface area (Å²) in [6.07, 6.45) is 0.276. The van der Waals surface area contributed by atoms with E-state index in [9.17, 15) is 14.3 Å². The van der Waals surface area contributed by atoms with Gasteiger partial charge in [-0.15, -0.1) is 0 Å². The number of nitrogens with zero attached hydrogens (tertiary/aromatic N) is 2. The molecule has 6 heteroatoms. The molecular weight excluding hydrogens is 335 g/mol. The summed E-state index contributed by atoms with van der Waals surface area (Å²) in [5.74, 6) is -0.282. The minimum Gasteiger partial charge on any atom is -0.392 e. The van der Waals surface area contributed by atoms with E-state index in [0.29, 0.717) is 44.3 Å². The number of amides is 1. The maximum Gasteiger partial charge on any atom is 0.254 e. The zero-order valence-electron chi connectivity index (χ0n) is 16.0. The molecule has 1 aromatic carbocycles. The standard InChI is InChI=1S/C20H31FN2O3/c1-4-18(24)12-22-8-9-26-19(13-22)14-23(11-15(2)3)20(25)16-6-5-7-17(21)10-16/h5-7,10,15,18-19,24H,4,8-9,11-14H2,1-3H3/t18-,19+/m0/s1. The quantitative estimate of drug-likeness (QED) is 0.768. The second-order valence-electron chi connectivity index (χ2n) is 7.43. The Kier molecular flexibility index (Phi) is 8.00. The minimum absolute atomic E-state index is 0.107. The third kappa shape index (κ3) is 6.34. The van der Waals surface area contributed by atoms with E-state index in [-0.39, 0.29) is 18.1 Å². The molecule has 1 heterocycles. The summed E-state index contributed by atoms with van der Waals surface area (Å²) in [4.78, 5) is 16.8. The molecule has 2 rings (SSSR count). The average Bonchev–Trinajstić information content (AvgIpc) is 2.60. The first-order valence-corrected chi connectivity index (χ1v) is 9.45. The minimum atomic E-state index is -0.408. The monoisotopic (exact) mass is 366 g/mol. The lowest BCUT2D eigenvalue weighted by Gasteiger charge is -2.37. The molecule has 1 aliphatic rings. The van der Waals surface area contributed by atoms with Gasteiger partial charge < -0.3 is 14.7 Å². The van der Waals surface area contributed by atoms with Crippen LogP contribution in [0.4, 0.5) is 4.39 Å². The van der Waals surface area contributed by atoms with Gasteiger partial charge in [0.2, 0.25) is 0 Å². The van der Waals surface area contributed by atoms with Gasteiger partial charge >= 0.3 is 0 Å². The molecule has 2 atom stereocenters. The third-order valence-electron chi connectivity index (χ3n) is 4.53. The maximum absolute atomic E-state index is 13.5. The van der Waals surface area contributed by atoms with Gasteiger partial charge in [0.05, 0.1) is 18.8 Å². The Morgan fingerprint density at radius 3 is 2.88 bits per heavy atom. The van der Waals surface area contributed by atoms with Crippen molar-refractivity contribution in [1.82, 2.24) is 9.80 Å². The number of hydrogen-bond acceptors (Lipinski definition) is 4. The SMILES string of the molecule is CC[C@H](O)CN1CCO[C@@H](CN(CC(C)C)C(=O)c2cccc(F)c2)C1. The molecule has 1 aromatic rings. The number of benzene rings is 1. The molecule has 0 radical (unpaired) electrons. The fourth-order valence-electron chi connectivity index (χ4n) is 3.21. The fourth-order valence-corrected chi connectivity index (χ4v) is 3.21. The van der Waals surface area contributed by atoms with Gasteiger partial charge in [-0.05, 0) is 30.5 Å². The van der Waals surface area contributed by atoms with Gasteiger partial charge in [0.1, 0.15) is 5.82 Å². The summed E-state index contributed by atoms with van der Waals surface area (Å²) in [6, 6.07) is 5.82. The second-order valence-corrected chi connectivity index (χ2v) is 7.43. The predicted molar refractivity (Wildman–Crippen MR) is 99.6 cm³/mol. The smallest absolute Gasteiger partial charge is 0.254 e. The molecule has 0 unspecified atom stereocenters. The molecule has 0 saturated carbocycles. The van der Waals surface area contributed by atoms with Gasteiger partial charge in [0, 0.05) is 38.3 Å². The predicted octanol–water partition coefficient (Wildman–Crippen LogP) is 2.40. The fraction of sp³-hybridized carbons (Fsp3) is 0.650. The van der Waals surface area contributed by atoms with Crippen LogP contribution in [0.2, 0.25) is 0 Å². The van der Waals surface area contributed by atoms with Crippen LogP contribution in [0.1, 0.15) is 37.6 Å². The molecule has 0 aliphatic carbocycles. The Morgan fingerprint density at radius 2 is 2.23 bits per heavy atom. The first-order valence-electron chi connectivity index (χ1n) is 9.45. The van der Waals surface area contributed by atoms with Gasteiger partial charge in [0.15, 0.2) is 0 Å². The van der Waals surface area contributed by atoms with Crippen molar-refractivity contribution in [2.24, 2.45) is 5.92 Å². The molecule has 1 fully saturated rings. The number of aliphatic hydroxyl groups is 1. The van der Waals surface area contributed by atoms with E-state index >= 15 is 0 Å². The normalized spacial score (nSPS) is 19.5. The lowest BCUT2D eigenvalue weighted by molar-refractivity contribution is -0.0513. The van der Waals surface area contributed by atoms with Crippen molar-refractivity contribution < 1.29 is 19.0 Å². The van der Waals surface area contributed by atoms with Crippen LogP contribution < -0.4 is 0 Å². The highest BCUT2D eigenvalue weighted by molar-refractivity contribution is 5.94. The molecule has 1 aliphatic heterocycles. The van der Waals surface area contributed by atoms with Crippen molar-refractivity contribution in [3.8, 4) is 0 Å². The molecule has 146 valence electrons. The Morgan fingerprint density at radius 1 is 1.46 bits per heavy atom. The van der Waals surface area contributed by atoms with E-state index in [2.05, 4.69) is 18.7 Å². The number of halogens is 1. The van der Waals surface area contributed by atoms with E-state index in [1.165, 1.54) is 12.1 Å². The molecule has 5 nitrogen and oxygen atoms in total. The van der Waals surface area contributed by atoms with Gasteiger partial charge in [-0.1, -0.05) is 26.8 Å². The second kappa shape index (κ2) is 10.00. The Hall–Kier alpha value is -1.50. The summed E-state index contributed by atoms with van der Waals surface area (Å²) in [7, 11) is 0. The van der Waals surface area contributed by atoms with Crippen LogP contribution >= 0.6 is 0 Å². The molecule has 0 bridgehead atoms. The summed E-state index contributed by atoms with van der Waals surface area (Å²) in [6.45, 7) is 9.81. The van der Waals surface area contributed by atoms with E-state index in [1.807, 2.05) is 6.92 Å². The lowest BCUT2D eigenvalue weighted by Crippen LogP contribution is -2.50. The number of carbonyl (C=O) groups is 1. The molecular formula is C20H31FN2O3. The molecule has 26 heavy (non-hydrogen) atoms. The Labute approximate surface area is 155 Å². The highest BCUT2D eigenvalue weighted by Gasteiger charge is 2.27. The average molecular weight is 366 g/mol. The van der Waals surface area contributed by atoms with Crippen molar-refractivity contribution in [1.29, 1.82) is 0 Å². The lowest BCUT2D eigenvalue weighted by atomic mass is 10.1. The number of rotatable bonds is 8. The molecule has 0 aromatic heterocycles. The van der Waals surface area contributed by atoms with Gasteiger partial charge in [-0.2, -0.15) is 0 Å². The number of aliphatic hydroxyl groups excluding tert-OH is 1. The topological polar surface area (TPSA) is 53.0 Å². The number of hydrogen-bond donors (Lipinski definition) is 1. The van der Waals surface area contributed by atoms with Gasteiger partial charge in [-0.3, -0.25) is 9.69 Å². The maximum atomic E-state index is 13.5. The molecule has 1 saturated heterocycles. The van der Waals surface area contributed by atoms with Crippen LogP contribution in [0, 0.1) is 11.7 Å². The number of morpholine rings is 1. The van der Waals surface area contributed by atoms with Crippen LogP contribution in [-0.4, -0.2) is 72.4 Å². The first-order chi connectivity index (χ1) is 12.4. The van der Waals surface area contributed by atoms with Crippen LogP contribution in [0.25, 0.3) is 0 Å². The van der Waals surface area contributed by atoms with Crippen molar-refractivity contribution in [3.05, 3.63) is 35.6 Å². The first kappa shape index (κ1) is 20.8. The van der Waals surface area contributed by atoms with Crippen molar-refractivity contribution in [3.63, 3.8) is 0 Å². The molecule has 1 N–H and O–H groups in total. The van der Waals surface area contributed by atoms with Crippen molar-refractivity contribution in [2.75, 3.05) is 39.3 Å². The van der Waals surface area contributed by atoms with Crippen molar-refractivity contribution >= 4 is 5.91 Å². The molecule has 0 spiro atoms. The Bertz CT molecular complexity index is 582.